The van der Waals surface area contributed by atoms with Crippen LogP contribution in [0.3, 0.4) is 0 Å². The van der Waals surface area contributed by atoms with Gasteiger partial charge in [0.1, 0.15) is 11.5 Å². The molecule has 31 heavy (non-hydrogen) atoms. The van der Waals surface area contributed by atoms with E-state index >= 15 is 0 Å². The maximum atomic E-state index is 12.7. The molecule has 1 aromatic carbocycles. The Labute approximate surface area is 181 Å². The maximum Gasteiger partial charge on any atom is 0.335 e. The van der Waals surface area contributed by atoms with Gasteiger partial charge in [-0.25, -0.2) is 14.6 Å². The molecule has 2 heterocycles. The van der Waals surface area contributed by atoms with E-state index in [0.717, 1.165) is 49.2 Å². The average Bonchev–Trinajstić information content (AvgIpc) is 3.25. The SMILES string of the molecule is CCCCc1ncc(/C=C2\NC(=O)N(CCCC)C2=O)n1Cc1ccc(C(=O)O)cc1. The van der Waals surface area contributed by atoms with Crippen LogP contribution in [0.1, 0.15) is 67.0 Å². The third kappa shape index (κ3) is 5.20. The highest BCUT2D eigenvalue weighted by molar-refractivity contribution is 6.13. The quantitative estimate of drug-likeness (QED) is 0.447. The second-order valence-electron chi connectivity index (χ2n) is 7.59. The molecule has 0 atom stereocenters. The van der Waals surface area contributed by atoms with Crippen molar-refractivity contribution in [1.82, 2.24) is 19.8 Å². The Morgan fingerprint density at radius 1 is 1.13 bits per heavy atom. The van der Waals surface area contributed by atoms with E-state index in [1.54, 1.807) is 36.5 Å². The number of aromatic nitrogens is 2. The first-order chi connectivity index (χ1) is 14.9. The fourth-order valence-corrected chi connectivity index (χ4v) is 3.44. The fraction of sp³-hybridized carbons (Fsp3) is 0.391. The van der Waals surface area contributed by atoms with Crippen LogP contribution in [0, 0.1) is 0 Å². The Kier molecular flexibility index (Phi) is 7.23. The number of carboxylic acids is 1. The monoisotopic (exact) mass is 424 g/mol. The molecule has 0 aliphatic carbocycles. The molecule has 0 spiro atoms. The zero-order chi connectivity index (χ0) is 22.4. The highest BCUT2D eigenvalue weighted by atomic mass is 16.4. The van der Waals surface area contributed by atoms with Crippen molar-refractivity contribution in [2.24, 2.45) is 0 Å². The minimum absolute atomic E-state index is 0.231. The lowest BCUT2D eigenvalue weighted by Crippen LogP contribution is -2.31. The molecule has 0 saturated carbocycles. The van der Waals surface area contributed by atoms with Gasteiger partial charge in [-0.15, -0.1) is 0 Å². The summed E-state index contributed by atoms with van der Waals surface area (Å²) in [4.78, 5) is 41.7. The number of aromatic carboxylic acids is 1. The number of urea groups is 1. The van der Waals surface area contributed by atoms with Crippen molar-refractivity contribution in [2.45, 2.75) is 52.5 Å². The molecular formula is C23H28N4O4. The summed E-state index contributed by atoms with van der Waals surface area (Å²) in [6.07, 6.45) is 7.82. The highest BCUT2D eigenvalue weighted by Gasteiger charge is 2.33. The third-order valence-corrected chi connectivity index (χ3v) is 5.25. The largest absolute Gasteiger partial charge is 0.478 e. The van der Waals surface area contributed by atoms with E-state index in [0.29, 0.717) is 13.1 Å². The highest BCUT2D eigenvalue weighted by Crippen LogP contribution is 2.19. The maximum absolute atomic E-state index is 12.7. The molecule has 2 N–H and O–H groups in total. The summed E-state index contributed by atoms with van der Waals surface area (Å²) in [5.41, 5.74) is 2.11. The van der Waals surface area contributed by atoms with Crippen LogP contribution in [-0.4, -0.2) is 44.0 Å². The first-order valence-electron chi connectivity index (χ1n) is 10.7. The molecule has 1 fully saturated rings. The van der Waals surface area contributed by atoms with Gasteiger partial charge in [0.15, 0.2) is 0 Å². The van der Waals surface area contributed by atoms with Crippen LogP contribution in [-0.2, 0) is 17.8 Å². The van der Waals surface area contributed by atoms with Crippen molar-refractivity contribution in [3.63, 3.8) is 0 Å². The first-order valence-corrected chi connectivity index (χ1v) is 10.7. The summed E-state index contributed by atoms with van der Waals surface area (Å²) in [5, 5.41) is 11.8. The molecule has 0 unspecified atom stereocenters. The van der Waals surface area contributed by atoms with E-state index in [1.807, 2.05) is 11.5 Å². The van der Waals surface area contributed by atoms with E-state index in [2.05, 4.69) is 17.2 Å². The third-order valence-electron chi connectivity index (χ3n) is 5.25. The summed E-state index contributed by atoms with van der Waals surface area (Å²) < 4.78 is 2.01. The zero-order valence-electron chi connectivity index (χ0n) is 17.9. The van der Waals surface area contributed by atoms with Crippen LogP contribution in [0.2, 0.25) is 0 Å². The van der Waals surface area contributed by atoms with E-state index in [4.69, 9.17) is 5.11 Å². The number of imidazole rings is 1. The zero-order valence-corrected chi connectivity index (χ0v) is 17.9. The molecule has 3 amide bonds. The summed E-state index contributed by atoms with van der Waals surface area (Å²) in [7, 11) is 0. The molecule has 0 radical (unpaired) electrons. The minimum Gasteiger partial charge on any atom is -0.478 e. The Balaban J connectivity index is 1.89. The number of carbonyl (C=O) groups is 3. The molecule has 1 aromatic heterocycles. The van der Waals surface area contributed by atoms with Crippen LogP contribution < -0.4 is 5.32 Å². The molecule has 8 nitrogen and oxygen atoms in total. The van der Waals surface area contributed by atoms with Crippen LogP contribution in [0.4, 0.5) is 4.79 Å². The van der Waals surface area contributed by atoms with Crippen molar-refractivity contribution in [3.8, 4) is 0 Å². The summed E-state index contributed by atoms with van der Waals surface area (Å²) in [6, 6.07) is 6.30. The van der Waals surface area contributed by atoms with Gasteiger partial charge in [-0.2, -0.15) is 0 Å². The number of benzene rings is 1. The number of nitrogens with zero attached hydrogens (tertiary/aromatic N) is 3. The van der Waals surface area contributed by atoms with Crippen molar-refractivity contribution in [1.29, 1.82) is 0 Å². The molecule has 0 bridgehead atoms. The fourth-order valence-electron chi connectivity index (χ4n) is 3.44. The summed E-state index contributed by atoms with van der Waals surface area (Å²) >= 11 is 0. The van der Waals surface area contributed by atoms with E-state index in [9.17, 15) is 14.4 Å². The Hall–Kier alpha value is -3.42. The number of carbonyl (C=O) groups excluding carboxylic acids is 2. The van der Waals surface area contributed by atoms with Gasteiger partial charge in [-0.3, -0.25) is 9.69 Å². The van der Waals surface area contributed by atoms with Crippen LogP contribution >= 0.6 is 0 Å². The summed E-state index contributed by atoms with van der Waals surface area (Å²) in [5.74, 6) is -0.408. The van der Waals surface area contributed by atoms with Crippen molar-refractivity contribution < 1.29 is 19.5 Å². The van der Waals surface area contributed by atoms with Gasteiger partial charge in [-0.1, -0.05) is 38.8 Å². The molecular weight excluding hydrogens is 396 g/mol. The number of unbranched alkanes of at least 4 members (excludes halogenated alkanes) is 2. The Bertz CT molecular complexity index is 992. The molecule has 1 aliphatic heterocycles. The van der Waals surface area contributed by atoms with Gasteiger partial charge in [0.25, 0.3) is 5.91 Å². The van der Waals surface area contributed by atoms with Crippen LogP contribution in [0.25, 0.3) is 6.08 Å². The molecule has 1 saturated heterocycles. The van der Waals surface area contributed by atoms with Gasteiger partial charge in [0, 0.05) is 19.5 Å². The molecule has 8 heteroatoms. The standard InChI is InChI=1S/C23H28N4O4/c1-3-5-7-20-24-14-18(13-19-21(28)26(12-6-4-2)23(31)25-19)27(20)15-16-8-10-17(11-9-16)22(29)30/h8-11,13-14H,3-7,12,15H2,1-2H3,(H,25,31)(H,29,30)/b19-13-. The van der Waals surface area contributed by atoms with E-state index in [-0.39, 0.29) is 17.2 Å². The topological polar surface area (TPSA) is 105 Å². The lowest BCUT2D eigenvalue weighted by Gasteiger charge is -2.11. The lowest BCUT2D eigenvalue weighted by atomic mass is 10.1. The Morgan fingerprint density at radius 2 is 1.84 bits per heavy atom. The van der Waals surface area contributed by atoms with Gasteiger partial charge in [0.05, 0.1) is 17.5 Å². The predicted molar refractivity (Wildman–Crippen MR) is 116 cm³/mol. The first kappa shape index (κ1) is 22.3. The molecule has 3 rings (SSSR count). The van der Waals surface area contributed by atoms with E-state index < -0.39 is 12.0 Å². The number of nitrogens with one attached hydrogen (secondary N) is 1. The lowest BCUT2D eigenvalue weighted by molar-refractivity contribution is -0.122. The predicted octanol–water partition coefficient (Wildman–Crippen LogP) is 3.67. The second kappa shape index (κ2) is 10.1. The second-order valence-corrected chi connectivity index (χ2v) is 7.59. The van der Waals surface area contributed by atoms with Gasteiger partial charge >= 0.3 is 12.0 Å². The van der Waals surface area contributed by atoms with Crippen molar-refractivity contribution >= 4 is 24.0 Å². The van der Waals surface area contributed by atoms with Gasteiger partial charge in [0.2, 0.25) is 0 Å². The van der Waals surface area contributed by atoms with E-state index in [1.165, 1.54) is 4.90 Å². The number of aryl methyl sites for hydroxylation is 1. The van der Waals surface area contributed by atoms with Gasteiger partial charge in [-0.05, 0) is 36.6 Å². The Morgan fingerprint density at radius 3 is 2.48 bits per heavy atom. The number of hydrogen-bond donors (Lipinski definition) is 2. The van der Waals surface area contributed by atoms with Crippen LogP contribution in [0.15, 0.2) is 36.2 Å². The number of hydrogen-bond acceptors (Lipinski definition) is 4. The summed E-state index contributed by atoms with van der Waals surface area (Å²) in [6.45, 7) is 5.00. The minimum atomic E-state index is -0.966. The average molecular weight is 425 g/mol. The number of rotatable bonds is 10. The van der Waals surface area contributed by atoms with Crippen molar-refractivity contribution in [3.05, 3.63) is 58.8 Å². The number of carboxylic acid groups (broad SMARTS) is 1. The number of amides is 3. The molecule has 164 valence electrons. The smallest absolute Gasteiger partial charge is 0.335 e. The molecule has 2 aromatic rings. The number of imide groups is 1. The normalized spacial score (nSPS) is 15.0. The van der Waals surface area contributed by atoms with Crippen molar-refractivity contribution in [2.75, 3.05) is 6.54 Å². The van der Waals surface area contributed by atoms with Gasteiger partial charge < -0.3 is 15.0 Å². The van der Waals surface area contributed by atoms with Crippen LogP contribution in [0.5, 0.6) is 0 Å². The molecule has 1 aliphatic rings.